The maximum atomic E-state index is 14.5. The van der Waals surface area contributed by atoms with E-state index >= 15 is 0 Å². The van der Waals surface area contributed by atoms with E-state index in [1.54, 1.807) is 36.4 Å². The number of rotatable bonds is 11. The van der Waals surface area contributed by atoms with Crippen LogP contribution < -0.4 is 19.7 Å². The molecule has 1 aliphatic carbocycles. The van der Waals surface area contributed by atoms with E-state index in [0.717, 1.165) is 87.7 Å². The minimum Gasteiger partial charge on any atom is -0.497 e. The van der Waals surface area contributed by atoms with Crippen molar-refractivity contribution in [2.75, 3.05) is 37.5 Å². The zero-order valence-corrected chi connectivity index (χ0v) is 33.5. The van der Waals surface area contributed by atoms with Crippen LogP contribution in [0.25, 0.3) is 10.9 Å². The van der Waals surface area contributed by atoms with E-state index in [-0.39, 0.29) is 24.6 Å². The minimum absolute atomic E-state index is 0.0623. The zero-order valence-electron chi connectivity index (χ0n) is 33.5. The molecule has 2 amide bonds. The van der Waals surface area contributed by atoms with Gasteiger partial charge >= 0.3 is 6.09 Å². The van der Waals surface area contributed by atoms with Gasteiger partial charge in [-0.05, 0) is 82.7 Å². The van der Waals surface area contributed by atoms with Crippen LogP contribution in [0.4, 0.5) is 16.3 Å². The number of hydrogen-bond donors (Lipinski definition) is 1. The maximum Gasteiger partial charge on any atom is 0.410 e. The molecule has 1 N–H and O–H groups in total. The Kier molecular flexibility index (Phi) is 10.5. The van der Waals surface area contributed by atoms with E-state index in [2.05, 4.69) is 27.4 Å². The van der Waals surface area contributed by atoms with E-state index in [1.807, 2.05) is 62.8 Å². The van der Waals surface area contributed by atoms with Gasteiger partial charge in [-0.2, -0.15) is 5.10 Å². The molecule has 5 heterocycles. The van der Waals surface area contributed by atoms with Gasteiger partial charge in [0.1, 0.15) is 28.7 Å². The molecule has 2 aromatic carbocycles. The number of amides is 2. The number of likely N-dealkylation sites (tertiary alicyclic amines) is 1. The summed E-state index contributed by atoms with van der Waals surface area (Å²) in [4.78, 5) is 45.0. The summed E-state index contributed by atoms with van der Waals surface area (Å²) in [5.41, 5.74) is 6.09. The number of anilines is 2. The first kappa shape index (κ1) is 38.1. The Morgan fingerprint density at radius 3 is 2.42 bits per heavy atom. The Morgan fingerprint density at radius 2 is 1.72 bits per heavy atom. The smallest absolute Gasteiger partial charge is 0.410 e. The highest BCUT2D eigenvalue weighted by molar-refractivity contribution is 6.06. The van der Waals surface area contributed by atoms with Crippen LogP contribution in [0.5, 0.6) is 11.5 Å². The first-order valence-corrected chi connectivity index (χ1v) is 19.6. The Hall–Kier alpha value is -5.76. The molecule has 1 saturated heterocycles. The van der Waals surface area contributed by atoms with Crippen LogP contribution in [0.3, 0.4) is 0 Å². The standard InChI is InChI=1S/C43H50N8O6/c1-26-37(23-51(48-26)31-13-15-49(16-14-31)42(53)57-43(2,3)4)50(41(52)30-20-44-39(45-21-30)28-8-9-28)22-27-7-12-33-34-24-56-25-35(34)40(47-36(33)17-27)46-19-29-10-11-32(54-5)18-38(29)55-6/h7,10-12,17-18,20-21,23,28,31H,8-9,13-16,19,22,24-25H2,1-6H3,(H,46,47). The fourth-order valence-electron chi connectivity index (χ4n) is 7.58. The van der Waals surface area contributed by atoms with Crippen LogP contribution in [-0.2, 0) is 35.8 Å². The SMILES string of the molecule is COc1ccc(CNc2nc3cc(CN(C(=O)c4cnc(C5CC5)nc4)c4cn(C5CCN(C(=O)OC(C)(C)C)CC5)nc4C)ccc3c3c2COC3)c(OC)c1. The van der Waals surface area contributed by atoms with Crippen molar-refractivity contribution in [1.82, 2.24) is 29.6 Å². The third-order valence-corrected chi connectivity index (χ3v) is 10.8. The van der Waals surface area contributed by atoms with Crippen LogP contribution in [0.1, 0.15) is 103 Å². The second kappa shape index (κ2) is 15.6. The predicted octanol–water partition coefficient (Wildman–Crippen LogP) is 7.49. The molecule has 14 nitrogen and oxygen atoms in total. The van der Waals surface area contributed by atoms with E-state index in [1.165, 1.54) is 0 Å². The monoisotopic (exact) mass is 774 g/mol. The molecular weight excluding hydrogens is 725 g/mol. The van der Waals surface area contributed by atoms with E-state index in [4.69, 9.17) is 29.0 Å². The van der Waals surface area contributed by atoms with Gasteiger partial charge in [0.05, 0.1) is 62.5 Å². The highest BCUT2D eigenvalue weighted by Crippen LogP contribution is 2.38. The molecule has 57 heavy (non-hydrogen) atoms. The quantitative estimate of drug-likeness (QED) is 0.143. The largest absolute Gasteiger partial charge is 0.497 e. The van der Waals surface area contributed by atoms with Gasteiger partial charge in [0.25, 0.3) is 5.91 Å². The molecule has 14 heteroatoms. The van der Waals surface area contributed by atoms with Gasteiger partial charge in [0.15, 0.2) is 0 Å². The number of pyridine rings is 1. The Labute approximate surface area is 332 Å². The third kappa shape index (κ3) is 8.22. The first-order chi connectivity index (χ1) is 27.5. The molecule has 2 aliphatic heterocycles. The summed E-state index contributed by atoms with van der Waals surface area (Å²) in [6.07, 6.45) is 8.53. The molecule has 1 saturated carbocycles. The van der Waals surface area contributed by atoms with Crippen LogP contribution in [-0.4, -0.2) is 74.5 Å². The van der Waals surface area contributed by atoms with Gasteiger partial charge in [0.2, 0.25) is 0 Å². The average molecular weight is 775 g/mol. The fraction of sp³-hybridized carbons (Fsp3) is 0.442. The Morgan fingerprint density at radius 1 is 0.965 bits per heavy atom. The van der Waals surface area contributed by atoms with Gasteiger partial charge in [-0.1, -0.05) is 12.1 Å². The summed E-state index contributed by atoms with van der Waals surface area (Å²) in [5, 5.41) is 9.48. The van der Waals surface area contributed by atoms with Gasteiger partial charge in [0, 0.05) is 66.7 Å². The fourth-order valence-corrected chi connectivity index (χ4v) is 7.58. The summed E-state index contributed by atoms with van der Waals surface area (Å²) >= 11 is 0. The predicted molar refractivity (Wildman–Crippen MR) is 215 cm³/mol. The first-order valence-electron chi connectivity index (χ1n) is 19.6. The number of nitrogens with zero attached hydrogens (tertiary/aromatic N) is 7. The number of benzene rings is 2. The molecule has 8 rings (SSSR count). The van der Waals surface area contributed by atoms with Crippen molar-refractivity contribution < 1.29 is 28.5 Å². The average Bonchev–Trinajstić information content (AvgIpc) is 3.81. The van der Waals surface area contributed by atoms with Gasteiger partial charge in [-0.15, -0.1) is 0 Å². The van der Waals surface area contributed by atoms with Gasteiger partial charge in [-0.25, -0.2) is 19.7 Å². The number of aryl methyl sites for hydroxylation is 1. The minimum atomic E-state index is -0.553. The summed E-state index contributed by atoms with van der Waals surface area (Å²) in [6, 6.07) is 12.0. The van der Waals surface area contributed by atoms with Crippen molar-refractivity contribution in [1.29, 1.82) is 0 Å². The normalized spacial score (nSPS) is 15.7. The van der Waals surface area contributed by atoms with Crippen molar-refractivity contribution >= 4 is 34.4 Å². The summed E-state index contributed by atoms with van der Waals surface area (Å²) in [6.45, 7) is 10.4. The lowest BCUT2D eigenvalue weighted by Gasteiger charge is -2.33. The number of carbonyl (C=O) groups excluding carboxylic acids is 2. The van der Waals surface area contributed by atoms with Crippen molar-refractivity contribution in [3.05, 3.63) is 94.3 Å². The molecule has 0 atom stereocenters. The lowest BCUT2D eigenvalue weighted by Crippen LogP contribution is -2.42. The number of carbonyl (C=O) groups is 2. The van der Waals surface area contributed by atoms with Crippen molar-refractivity contribution in [2.24, 2.45) is 0 Å². The van der Waals surface area contributed by atoms with Crippen molar-refractivity contribution in [3.63, 3.8) is 0 Å². The Balaban J connectivity index is 1.08. The number of methoxy groups -OCH3 is 2. The second-order valence-electron chi connectivity index (χ2n) is 16.1. The lowest BCUT2D eigenvalue weighted by molar-refractivity contribution is 0.0184. The number of ether oxygens (including phenoxy) is 4. The van der Waals surface area contributed by atoms with E-state index < -0.39 is 5.60 Å². The van der Waals surface area contributed by atoms with Crippen molar-refractivity contribution in [2.45, 2.75) is 97.2 Å². The summed E-state index contributed by atoms with van der Waals surface area (Å²) < 4.78 is 24.5. The molecule has 0 spiro atoms. The highest BCUT2D eigenvalue weighted by Gasteiger charge is 2.31. The molecule has 3 aromatic heterocycles. The van der Waals surface area contributed by atoms with Crippen LogP contribution >= 0.6 is 0 Å². The number of hydrogen-bond acceptors (Lipinski definition) is 11. The van der Waals surface area contributed by atoms with Crippen LogP contribution in [0.15, 0.2) is 55.0 Å². The molecule has 0 unspecified atom stereocenters. The number of fused-ring (bicyclic) bond motifs is 3. The third-order valence-electron chi connectivity index (χ3n) is 10.8. The second-order valence-corrected chi connectivity index (χ2v) is 16.1. The number of aromatic nitrogens is 5. The van der Waals surface area contributed by atoms with Crippen molar-refractivity contribution in [3.8, 4) is 11.5 Å². The molecule has 5 aromatic rings. The maximum absolute atomic E-state index is 14.5. The van der Waals surface area contributed by atoms with E-state index in [0.29, 0.717) is 50.0 Å². The molecule has 3 aliphatic rings. The highest BCUT2D eigenvalue weighted by atomic mass is 16.6. The molecule has 0 radical (unpaired) electrons. The molecule has 2 fully saturated rings. The van der Waals surface area contributed by atoms with Crippen LogP contribution in [0.2, 0.25) is 0 Å². The van der Waals surface area contributed by atoms with Crippen LogP contribution in [0, 0.1) is 6.92 Å². The number of piperidine rings is 1. The molecular formula is C43H50N8O6. The lowest BCUT2D eigenvalue weighted by atomic mass is 10.0. The van der Waals surface area contributed by atoms with Gasteiger partial charge in [-0.3, -0.25) is 9.48 Å². The molecule has 298 valence electrons. The zero-order chi connectivity index (χ0) is 39.8. The number of nitrogens with one attached hydrogen (secondary N) is 1. The summed E-state index contributed by atoms with van der Waals surface area (Å²) in [7, 11) is 3.28. The summed E-state index contributed by atoms with van der Waals surface area (Å²) in [5.74, 6) is 3.14. The topological polar surface area (TPSA) is 146 Å². The Bertz CT molecular complexity index is 2290. The van der Waals surface area contributed by atoms with E-state index in [9.17, 15) is 9.59 Å². The molecule has 0 bridgehead atoms. The van der Waals surface area contributed by atoms with Gasteiger partial charge < -0.3 is 34.1 Å².